The van der Waals surface area contributed by atoms with Crippen LogP contribution in [0.15, 0.2) is 22.8 Å². The summed E-state index contributed by atoms with van der Waals surface area (Å²) in [5.41, 5.74) is 0. The van der Waals surface area contributed by atoms with Crippen molar-refractivity contribution in [2.45, 2.75) is 68.6 Å². The number of ether oxygens (including phenoxy) is 1. The number of furan rings is 1. The zero-order valence-corrected chi connectivity index (χ0v) is 20.9. The van der Waals surface area contributed by atoms with Gasteiger partial charge in [-0.3, -0.25) is 9.59 Å². The fraction of sp³-hybridized carbons (Fsp3) is 0.684. The van der Waals surface area contributed by atoms with Gasteiger partial charge in [0.05, 0.1) is 12.4 Å². The molecule has 0 spiro atoms. The second-order valence-corrected chi connectivity index (χ2v) is 9.77. The van der Waals surface area contributed by atoms with E-state index in [9.17, 15) is 18.0 Å². The fourth-order valence-corrected chi connectivity index (χ4v) is 5.66. The summed E-state index contributed by atoms with van der Waals surface area (Å²) in [5.74, 6) is -0.646. The second kappa shape index (κ2) is 13.0. The number of ketones is 1. The number of sulfone groups is 1. The van der Waals surface area contributed by atoms with Crippen molar-refractivity contribution in [2.75, 3.05) is 6.61 Å². The van der Waals surface area contributed by atoms with Crippen molar-refractivity contribution in [3.8, 4) is 0 Å². The van der Waals surface area contributed by atoms with E-state index in [1.54, 1.807) is 19.1 Å². The van der Waals surface area contributed by atoms with Crippen molar-refractivity contribution in [1.29, 1.82) is 0 Å². The quantitative estimate of drug-likeness (QED) is 0.618. The highest BCUT2D eigenvalue weighted by atomic mass is 32.2. The minimum absolute atomic E-state index is 0. The molecule has 30 heavy (non-hydrogen) atoms. The highest BCUT2D eigenvalue weighted by Crippen LogP contribution is 2.30. The molecule has 0 aromatic carbocycles. The Morgan fingerprint density at radius 3 is 2.40 bits per heavy atom. The molecule has 0 unspecified atom stereocenters. The van der Waals surface area contributed by atoms with E-state index in [1.165, 1.54) is 6.26 Å². The number of hydrogen-bond donors (Lipinski definition) is 1. The maximum absolute atomic E-state index is 13.0. The summed E-state index contributed by atoms with van der Waals surface area (Å²) < 4.78 is 36.4. The van der Waals surface area contributed by atoms with Gasteiger partial charge in [0.15, 0.2) is 15.6 Å². The van der Waals surface area contributed by atoms with Crippen LogP contribution in [0.5, 0.6) is 0 Å². The smallest absolute Gasteiger partial charge is 0.239 e. The molecule has 1 aliphatic heterocycles. The molecule has 0 bridgehead atoms. The van der Waals surface area contributed by atoms with Gasteiger partial charge >= 0.3 is 0 Å². The maximum atomic E-state index is 13.0. The molecular formula is C19H33NO6S4. The summed E-state index contributed by atoms with van der Waals surface area (Å²) >= 11 is 0. The van der Waals surface area contributed by atoms with Crippen LogP contribution in [0, 0.1) is 5.92 Å². The first-order valence-corrected chi connectivity index (χ1v) is 11.3. The van der Waals surface area contributed by atoms with E-state index >= 15 is 0 Å². The van der Waals surface area contributed by atoms with Gasteiger partial charge in [0.25, 0.3) is 0 Å². The third kappa shape index (κ3) is 7.51. The molecule has 3 rings (SSSR count). The third-order valence-electron chi connectivity index (χ3n) is 5.52. The molecule has 1 saturated heterocycles. The van der Waals surface area contributed by atoms with Gasteiger partial charge in [-0.2, -0.15) is 40.5 Å². The number of hydrogen-bond acceptors (Lipinski definition) is 6. The van der Waals surface area contributed by atoms with E-state index in [2.05, 4.69) is 5.32 Å². The minimum atomic E-state index is -3.78. The summed E-state index contributed by atoms with van der Waals surface area (Å²) in [4.78, 5) is 24.8. The van der Waals surface area contributed by atoms with Crippen molar-refractivity contribution in [1.82, 2.24) is 5.32 Å². The van der Waals surface area contributed by atoms with E-state index in [0.29, 0.717) is 5.76 Å². The van der Waals surface area contributed by atoms with Gasteiger partial charge in [0, 0.05) is 0 Å². The van der Waals surface area contributed by atoms with Crippen molar-refractivity contribution in [3.63, 3.8) is 0 Å². The summed E-state index contributed by atoms with van der Waals surface area (Å²) in [5, 5.41) is 1.44. The van der Waals surface area contributed by atoms with Crippen LogP contribution in [0.4, 0.5) is 0 Å². The van der Waals surface area contributed by atoms with Crippen LogP contribution in [0.3, 0.4) is 0 Å². The van der Waals surface area contributed by atoms with Crippen LogP contribution in [-0.4, -0.2) is 44.1 Å². The molecule has 2 heterocycles. The van der Waals surface area contributed by atoms with E-state index in [-0.39, 0.29) is 71.0 Å². The van der Waals surface area contributed by atoms with Gasteiger partial charge in [-0.1, -0.05) is 32.1 Å². The largest absolute Gasteiger partial charge is 0.468 e. The fourth-order valence-electron chi connectivity index (χ4n) is 3.94. The van der Waals surface area contributed by atoms with Gasteiger partial charge in [-0.25, -0.2) is 8.42 Å². The summed E-state index contributed by atoms with van der Waals surface area (Å²) in [6.45, 7) is 1.64. The summed E-state index contributed by atoms with van der Waals surface area (Å²) in [6.07, 6.45) is 6.38. The Morgan fingerprint density at radius 2 is 1.87 bits per heavy atom. The lowest BCUT2D eigenvalue weighted by atomic mass is 9.86. The summed E-state index contributed by atoms with van der Waals surface area (Å²) in [6, 6.07) is 2.42. The van der Waals surface area contributed by atoms with Crippen molar-refractivity contribution in [3.05, 3.63) is 24.2 Å². The highest BCUT2D eigenvalue weighted by Gasteiger charge is 2.40. The molecule has 7 nitrogen and oxygen atoms in total. The van der Waals surface area contributed by atoms with Gasteiger partial charge in [0.2, 0.25) is 5.91 Å². The molecular weight excluding hydrogens is 466 g/mol. The standard InChI is InChI=1S/C19H27NO6S.3H2S/c1-13-18(16(21)11-26-13)20-19(22)17(10-14-6-3-2-4-7-14)27(23,24)12-15-8-5-9-25-15;;;/h5,8-9,13-14,17-18H,2-4,6-7,10-12H2,1H3,(H,20,22);3*1H2/t13-,17-,18-;;;/m0.../s1. The van der Waals surface area contributed by atoms with Gasteiger partial charge in [-0.05, 0) is 31.4 Å². The average molecular weight is 500 g/mol. The highest BCUT2D eigenvalue weighted by molar-refractivity contribution is 7.92. The SMILES string of the molecule is C[C@@H]1OCC(=O)[C@H]1NC(=O)[C@H](CC1CCCCC1)S(=O)(=O)Cc1ccco1.S.S.S. The van der Waals surface area contributed by atoms with Gasteiger partial charge in [0.1, 0.15) is 29.4 Å². The monoisotopic (exact) mass is 499 g/mol. The summed E-state index contributed by atoms with van der Waals surface area (Å²) in [7, 11) is -3.78. The molecule has 1 aromatic heterocycles. The predicted molar refractivity (Wildman–Crippen MR) is 130 cm³/mol. The van der Waals surface area contributed by atoms with Crippen molar-refractivity contribution >= 4 is 62.0 Å². The van der Waals surface area contributed by atoms with E-state index < -0.39 is 33.1 Å². The van der Waals surface area contributed by atoms with Crippen molar-refractivity contribution < 1.29 is 27.2 Å². The van der Waals surface area contributed by atoms with E-state index in [0.717, 1.165) is 32.1 Å². The lowest BCUT2D eigenvalue weighted by Crippen LogP contribution is -2.50. The Hall–Kier alpha value is -0.620. The zero-order valence-electron chi connectivity index (χ0n) is 17.1. The normalized spacial score (nSPS) is 22.9. The van der Waals surface area contributed by atoms with E-state index in [1.807, 2.05) is 0 Å². The Labute approximate surface area is 199 Å². The Morgan fingerprint density at radius 1 is 1.20 bits per heavy atom. The van der Waals surface area contributed by atoms with Crippen LogP contribution in [0.25, 0.3) is 0 Å². The number of carbonyl (C=O) groups is 2. The number of amides is 1. The molecule has 2 fully saturated rings. The molecule has 1 saturated carbocycles. The molecule has 0 radical (unpaired) electrons. The maximum Gasteiger partial charge on any atom is 0.239 e. The van der Waals surface area contributed by atoms with Gasteiger partial charge < -0.3 is 14.5 Å². The molecule has 1 aromatic rings. The first-order valence-electron chi connectivity index (χ1n) is 9.55. The first kappa shape index (κ1) is 29.4. The third-order valence-corrected chi connectivity index (χ3v) is 7.48. The van der Waals surface area contributed by atoms with Gasteiger partial charge in [-0.15, -0.1) is 0 Å². The molecule has 2 aliphatic rings. The molecule has 1 N–H and O–H groups in total. The number of rotatable bonds is 7. The first-order chi connectivity index (χ1) is 12.9. The number of Topliss-reactive ketones (excluding diaryl/α,β-unsaturated/α-hetero) is 1. The van der Waals surface area contributed by atoms with Crippen LogP contribution in [-0.2, 0) is 29.9 Å². The lowest BCUT2D eigenvalue weighted by Gasteiger charge is -2.27. The second-order valence-electron chi connectivity index (χ2n) is 7.58. The van der Waals surface area contributed by atoms with Crippen LogP contribution < -0.4 is 5.32 Å². The molecule has 174 valence electrons. The lowest BCUT2D eigenvalue weighted by molar-refractivity contribution is -0.126. The molecule has 1 aliphatic carbocycles. The molecule has 11 heteroatoms. The van der Waals surface area contributed by atoms with Crippen LogP contribution in [0.1, 0.15) is 51.2 Å². The van der Waals surface area contributed by atoms with E-state index in [4.69, 9.17) is 9.15 Å². The van der Waals surface area contributed by atoms with Crippen molar-refractivity contribution in [2.24, 2.45) is 5.92 Å². The average Bonchev–Trinajstić information content (AvgIpc) is 3.25. The Balaban J connectivity index is 0.00000280. The number of nitrogens with one attached hydrogen (secondary N) is 1. The minimum Gasteiger partial charge on any atom is -0.468 e. The Bertz CT molecular complexity index is 762. The van der Waals surface area contributed by atoms with Crippen LogP contribution >= 0.6 is 40.5 Å². The number of carbonyl (C=O) groups excluding carboxylic acids is 2. The zero-order chi connectivity index (χ0) is 19.4. The topological polar surface area (TPSA) is 103 Å². The molecule has 3 atom stereocenters. The Kier molecular flexibility index (Phi) is 12.8. The molecule has 1 amide bonds. The predicted octanol–water partition coefficient (Wildman–Crippen LogP) is 2.34. The van der Waals surface area contributed by atoms with Crippen LogP contribution in [0.2, 0.25) is 0 Å².